The van der Waals surface area contributed by atoms with E-state index in [4.69, 9.17) is 31.7 Å². The molecule has 2 aromatic rings. The number of benzene rings is 1. The summed E-state index contributed by atoms with van der Waals surface area (Å²) < 4.78 is 10.7. The van der Waals surface area contributed by atoms with E-state index in [0.717, 1.165) is 0 Å². The third kappa shape index (κ3) is 2.75. The average molecular weight is 267 g/mol. The molecule has 94 valence electrons. The van der Waals surface area contributed by atoms with Crippen molar-refractivity contribution in [3.05, 3.63) is 52.9 Å². The molecular formula is C12H11ClN2O3. The van der Waals surface area contributed by atoms with Crippen LogP contribution in [0.3, 0.4) is 0 Å². The van der Waals surface area contributed by atoms with Gasteiger partial charge in [-0.3, -0.25) is 0 Å². The lowest BCUT2D eigenvalue weighted by Gasteiger charge is -2.09. The number of furan rings is 1. The molecule has 0 saturated carbocycles. The second-order valence-electron chi connectivity index (χ2n) is 3.49. The molecule has 1 aromatic carbocycles. The molecule has 0 fully saturated rings. The van der Waals surface area contributed by atoms with Gasteiger partial charge in [0.05, 0.1) is 11.8 Å². The van der Waals surface area contributed by atoms with Gasteiger partial charge in [0.25, 0.3) is 0 Å². The second-order valence-corrected chi connectivity index (χ2v) is 3.93. The summed E-state index contributed by atoms with van der Waals surface area (Å²) in [6, 6.07) is 8.40. The van der Waals surface area contributed by atoms with E-state index in [2.05, 4.69) is 5.16 Å². The first-order chi connectivity index (χ1) is 8.70. The van der Waals surface area contributed by atoms with Crippen LogP contribution in [-0.4, -0.2) is 11.0 Å². The molecular weight excluding hydrogens is 256 g/mol. The highest BCUT2D eigenvalue weighted by atomic mass is 35.5. The highest BCUT2D eigenvalue weighted by Crippen LogP contribution is 2.24. The number of hydrogen-bond acceptors (Lipinski definition) is 4. The Morgan fingerprint density at radius 1 is 1.44 bits per heavy atom. The Kier molecular flexibility index (Phi) is 3.74. The Morgan fingerprint density at radius 2 is 2.28 bits per heavy atom. The predicted octanol–water partition coefficient (Wildman–Crippen LogP) is 2.61. The molecule has 18 heavy (non-hydrogen) atoms. The van der Waals surface area contributed by atoms with Crippen LogP contribution in [0.25, 0.3) is 0 Å². The minimum Gasteiger partial charge on any atom is -0.485 e. The van der Waals surface area contributed by atoms with E-state index in [0.29, 0.717) is 22.1 Å². The number of ether oxygens (including phenoxy) is 1. The molecule has 5 nitrogen and oxygen atoms in total. The highest BCUT2D eigenvalue weighted by Gasteiger charge is 2.10. The van der Waals surface area contributed by atoms with Gasteiger partial charge < -0.3 is 20.1 Å². The van der Waals surface area contributed by atoms with E-state index < -0.39 is 0 Å². The SMILES string of the molecule is NC(=NO)c1ccc(Cl)cc1OCc1ccco1. The van der Waals surface area contributed by atoms with Crippen molar-refractivity contribution in [1.29, 1.82) is 0 Å². The van der Waals surface area contributed by atoms with Gasteiger partial charge in [-0.1, -0.05) is 16.8 Å². The number of amidine groups is 1. The van der Waals surface area contributed by atoms with Crippen LogP contribution >= 0.6 is 11.6 Å². The Morgan fingerprint density at radius 3 is 2.94 bits per heavy atom. The summed E-state index contributed by atoms with van der Waals surface area (Å²) in [6.07, 6.45) is 1.56. The molecule has 0 aliphatic carbocycles. The molecule has 1 heterocycles. The summed E-state index contributed by atoms with van der Waals surface area (Å²) in [5.74, 6) is 1.05. The normalized spacial score (nSPS) is 11.5. The summed E-state index contributed by atoms with van der Waals surface area (Å²) in [6.45, 7) is 0.235. The first-order valence-corrected chi connectivity index (χ1v) is 5.51. The van der Waals surface area contributed by atoms with E-state index in [1.54, 1.807) is 36.6 Å². The first-order valence-electron chi connectivity index (χ1n) is 5.13. The van der Waals surface area contributed by atoms with Crippen LogP contribution in [0, 0.1) is 0 Å². The van der Waals surface area contributed by atoms with Gasteiger partial charge in [0.15, 0.2) is 5.84 Å². The summed E-state index contributed by atoms with van der Waals surface area (Å²) in [4.78, 5) is 0. The monoisotopic (exact) mass is 266 g/mol. The van der Waals surface area contributed by atoms with Crippen molar-refractivity contribution in [2.24, 2.45) is 10.9 Å². The molecule has 2 rings (SSSR count). The van der Waals surface area contributed by atoms with Gasteiger partial charge in [0.2, 0.25) is 0 Å². The second kappa shape index (κ2) is 5.46. The van der Waals surface area contributed by atoms with Crippen molar-refractivity contribution in [2.75, 3.05) is 0 Å². The fourth-order valence-electron chi connectivity index (χ4n) is 1.42. The molecule has 0 aliphatic rings. The average Bonchev–Trinajstić information content (AvgIpc) is 2.88. The zero-order valence-corrected chi connectivity index (χ0v) is 10.1. The molecule has 0 amide bonds. The Hall–Kier alpha value is -2.14. The van der Waals surface area contributed by atoms with Crippen LogP contribution in [0.4, 0.5) is 0 Å². The van der Waals surface area contributed by atoms with E-state index in [9.17, 15) is 0 Å². The van der Waals surface area contributed by atoms with Gasteiger partial charge >= 0.3 is 0 Å². The molecule has 0 atom stereocenters. The van der Waals surface area contributed by atoms with Crippen LogP contribution < -0.4 is 10.5 Å². The number of halogens is 1. The minimum atomic E-state index is -0.0406. The maximum Gasteiger partial charge on any atom is 0.173 e. The zero-order chi connectivity index (χ0) is 13.0. The van der Waals surface area contributed by atoms with Gasteiger partial charge in [0.1, 0.15) is 18.1 Å². The molecule has 6 heteroatoms. The minimum absolute atomic E-state index is 0.0406. The van der Waals surface area contributed by atoms with Gasteiger partial charge in [-0.25, -0.2) is 0 Å². The number of rotatable bonds is 4. The Labute approximate surface area is 108 Å². The predicted molar refractivity (Wildman–Crippen MR) is 67.0 cm³/mol. The molecule has 0 aliphatic heterocycles. The fourth-order valence-corrected chi connectivity index (χ4v) is 1.59. The van der Waals surface area contributed by atoms with Crippen molar-refractivity contribution < 1.29 is 14.4 Å². The van der Waals surface area contributed by atoms with Crippen LogP contribution in [0.5, 0.6) is 5.75 Å². The molecule has 0 bridgehead atoms. The van der Waals surface area contributed by atoms with Crippen LogP contribution in [-0.2, 0) is 6.61 Å². The topological polar surface area (TPSA) is 81.0 Å². The molecule has 0 unspecified atom stereocenters. The Balaban J connectivity index is 2.22. The maximum atomic E-state index is 8.69. The first kappa shape index (κ1) is 12.3. The van der Waals surface area contributed by atoms with Gasteiger partial charge in [-0.2, -0.15) is 0 Å². The summed E-state index contributed by atoms with van der Waals surface area (Å²) >= 11 is 5.88. The fraction of sp³-hybridized carbons (Fsp3) is 0.0833. The smallest absolute Gasteiger partial charge is 0.173 e. The van der Waals surface area contributed by atoms with Crippen LogP contribution in [0.1, 0.15) is 11.3 Å². The lowest BCUT2D eigenvalue weighted by atomic mass is 10.2. The van der Waals surface area contributed by atoms with E-state index in [1.807, 2.05) is 0 Å². The van der Waals surface area contributed by atoms with E-state index in [-0.39, 0.29) is 12.4 Å². The quantitative estimate of drug-likeness (QED) is 0.386. The molecule has 0 saturated heterocycles. The number of oxime groups is 1. The van der Waals surface area contributed by atoms with Crippen molar-refractivity contribution in [1.82, 2.24) is 0 Å². The number of hydrogen-bond donors (Lipinski definition) is 2. The van der Waals surface area contributed by atoms with E-state index >= 15 is 0 Å². The molecule has 3 N–H and O–H groups in total. The maximum absolute atomic E-state index is 8.69. The Bertz CT molecular complexity index is 552. The standard InChI is InChI=1S/C12H11ClN2O3/c13-8-3-4-10(12(14)15-16)11(6-8)18-7-9-2-1-5-17-9/h1-6,16H,7H2,(H2,14,15). The van der Waals surface area contributed by atoms with Gasteiger partial charge in [-0.15, -0.1) is 0 Å². The lowest BCUT2D eigenvalue weighted by Crippen LogP contribution is -2.14. The van der Waals surface area contributed by atoms with Crippen molar-refractivity contribution in [3.8, 4) is 5.75 Å². The largest absolute Gasteiger partial charge is 0.485 e. The third-order valence-electron chi connectivity index (χ3n) is 2.28. The lowest BCUT2D eigenvalue weighted by molar-refractivity contribution is 0.269. The molecule has 0 radical (unpaired) electrons. The van der Waals surface area contributed by atoms with Crippen molar-refractivity contribution in [2.45, 2.75) is 6.61 Å². The highest BCUT2D eigenvalue weighted by molar-refractivity contribution is 6.30. The van der Waals surface area contributed by atoms with Gasteiger partial charge in [-0.05, 0) is 30.3 Å². The number of nitrogens with zero attached hydrogens (tertiary/aromatic N) is 1. The van der Waals surface area contributed by atoms with Gasteiger partial charge in [0, 0.05) is 5.02 Å². The summed E-state index contributed by atoms with van der Waals surface area (Å²) in [5, 5.41) is 12.1. The van der Waals surface area contributed by atoms with Crippen molar-refractivity contribution in [3.63, 3.8) is 0 Å². The summed E-state index contributed by atoms with van der Waals surface area (Å²) in [5.41, 5.74) is 6.01. The number of nitrogens with two attached hydrogens (primary N) is 1. The zero-order valence-electron chi connectivity index (χ0n) is 9.34. The summed E-state index contributed by atoms with van der Waals surface area (Å²) in [7, 11) is 0. The van der Waals surface area contributed by atoms with Crippen LogP contribution in [0.15, 0.2) is 46.2 Å². The van der Waals surface area contributed by atoms with E-state index in [1.165, 1.54) is 0 Å². The molecule has 0 spiro atoms. The third-order valence-corrected chi connectivity index (χ3v) is 2.51. The molecule has 1 aromatic heterocycles. The van der Waals surface area contributed by atoms with Crippen molar-refractivity contribution >= 4 is 17.4 Å². The van der Waals surface area contributed by atoms with Crippen LogP contribution in [0.2, 0.25) is 5.02 Å².